The van der Waals surface area contributed by atoms with Crippen LogP contribution in [0.2, 0.25) is 0 Å². The predicted molar refractivity (Wildman–Crippen MR) is 55.9 cm³/mol. The molecule has 0 radical (unpaired) electrons. The lowest BCUT2D eigenvalue weighted by Crippen LogP contribution is -2.39. The van der Waals surface area contributed by atoms with Crippen LogP contribution in [0.5, 0.6) is 0 Å². The van der Waals surface area contributed by atoms with E-state index in [0.29, 0.717) is 0 Å². The molecular formula is C11H22N2. The third-order valence-electron chi connectivity index (χ3n) is 3.59. The molecule has 2 heterocycles. The number of hydrogen-bond acceptors (Lipinski definition) is 2. The summed E-state index contributed by atoms with van der Waals surface area (Å²) in [5, 5.41) is 3.59. The van der Waals surface area contributed by atoms with E-state index in [0.717, 1.165) is 12.1 Å². The summed E-state index contributed by atoms with van der Waals surface area (Å²) in [4.78, 5) is 2.70. The summed E-state index contributed by atoms with van der Waals surface area (Å²) in [5.74, 6) is 0. The van der Waals surface area contributed by atoms with E-state index in [-0.39, 0.29) is 0 Å². The molecule has 0 aromatic carbocycles. The first-order valence-electron chi connectivity index (χ1n) is 5.87. The summed E-state index contributed by atoms with van der Waals surface area (Å²) in [6, 6.07) is 1.69. The van der Waals surface area contributed by atoms with Crippen molar-refractivity contribution in [1.82, 2.24) is 10.2 Å². The molecule has 2 rings (SSSR count). The Hall–Kier alpha value is -0.0800. The zero-order chi connectivity index (χ0) is 9.10. The highest BCUT2D eigenvalue weighted by atomic mass is 15.2. The molecule has 1 N–H and O–H groups in total. The van der Waals surface area contributed by atoms with Gasteiger partial charge in [0.05, 0.1) is 0 Å². The molecule has 2 nitrogen and oxygen atoms in total. The van der Waals surface area contributed by atoms with Crippen LogP contribution >= 0.6 is 0 Å². The van der Waals surface area contributed by atoms with Gasteiger partial charge in [-0.15, -0.1) is 0 Å². The lowest BCUT2D eigenvalue weighted by molar-refractivity contribution is 0.227. The first-order valence-corrected chi connectivity index (χ1v) is 5.87. The molecule has 13 heavy (non-hydrogen) atoms. The van der Waals surface area contributed by atoms with Crippen molar-refractivity contribution in [2.75, 3.05) is 19.6 Å². The average Bonchev–Trinajstić information content (AvgIpc) is 2.76. The second-order valence-corrected chi connectivity index (χ2v) is 4.49. The molecule has 0 saturated carbocycles. The Labute approximate surface area is 81.7 Å². The molecule has 0 aromatic rings. The van der Waals surface area contributed by atoms with Crippen LogP contribution in [0.25, 0.3) is 0 Å². The van der Waals surface area contributed by atoms with Gasteiger partial charge < -0.3 is 5.32 Å². The molecule has 2 saturated heterocycles. The number of nitrogens with zero attached hydrogens (tertiary/aromatic N) is 1. The highest BCUT2D eigenvalue weighted by Crippen LogP contribution is 2.21. The van der Waals surface area contributed by atoms with Gasteiger partial charge in [-0.05, 0) is 45.2 Å². The van der Waals surface area contributed by atoms with Gasteiger partial charge in [0.2, 0.25) is 0 Å². The third kappa shape index (κ3) is 2.23. The van der Waals surface area contributed by atoms with Crippen LogP contribution in [0.3, 0.4) is 0 Å². The first kappa shape index (κ1) is 9.47. The van der Waals surface area contributed by atoms with Gasteiger partial charge in [0.1, 0.15) is 0 Å². The number of likely N-dealkylation sites (tertiary alicyclic amines) is 1. The summed E-state index contributed by atoms with van der Waals surface area (Å²) in [6.07, 6.45) is 6.98. The fourth-order valence-electron chi connectivity index (χ4n) is 2.79. The SMILES string of the molecule is CCC1CCCN1C[C@@H]1CCCN1. The van der Waals surface area contributed by atoms with Gasteiger partial charge in [-0.25, -0.2) is 0 Å². The molecule has 1 unspecified atom stereocenters. The smallest absolute Gasteiger partial charge is 0.0195 e. The Morgan fingerprint density at radius 3 is 2.92 bits per heavy atom. The Bertz CT molecular complexity index is 152. The van der Waals surface area contributed by atoms with Crippen molar-refractivity contribution in [1.29, 1.82) is 0 Å². The number of nitrogens with one attached hydrogen (secondary N) is 1. The van der Waals surface area contributed by atoms with E-state index >= 15 is 0 Å². The van der Waals surface area contributed by atoms with Gasteiger partial charge in [-0.3, -0.25) is 4.90 Å². The molecule has 0 aromatic heterocycles. The van der Waals surface area contributed by atoms with E-state index < -0.39 is 0 Å². The quantitative estimate of drug-likeness (QED) is 0.713. The van der Waals surface area contributed by atoms with Crippen molar-refractivity contribution in [3.8, 4) is 0 Å². The largest absolute Gasteiger partial charge is 0.313 e. The van der Waals surface area contributed by atoms with Crippen LogP contribution in [-0.4, -0.2) is 36.6 Å². The van der Waals surface area contributed by atoms with Crippen LogP contribution in [0.15, 0.2) is 0 Å². The lowest BCUT2D eigenvalue weighted by Gasteiger charge is -2.26. The number of rotatable bonds is 3. The number of hydrogen-bond donors (Lipinski definition) is 1. The molecule has 0 amide bonds. The van der Waals surface area contributed by atoms with Crippen molar-refractivity contribution < 1.29 is 0 Å². The summed E-state index contributed by atoms with van der Waals surface area (Å²) in [6.45, 7) is 6.22. The second kappa shape index (κ2) is 4.43. The monoisotopic (exact) mass is 182 g/mol. The van der Waals surface area contributed by atoms with Gasteiger partial charge in [-0.2, -0.15) is 0 Å². The first-order chi connectivity index (χ1) is 6.40. The zero-order valence-electron chi connectivity index (χ0n) is 8.76. The van der Waals surface area contributed by atoms with Gasteiger partial charge in [0, 0.05) is 18.6 Å². The normalized spacial score (nSPS) is 35.8. The van der Waals surface area contributed by atoms with E-state index in [4.69, 9.17) is 0 Å². The highest BCUT2D eigenvalue weighted by Gasteiger charge is 2.26. The fourth-order valence-corrected chi connectivity index (χ4v) is 2.79. The molecule has 0 spiro atoms. The molecule has 2 fully saturated rings. The Balaban J connectivity index is 1.79. The van der Waals surface area contributed by atoms with Crippen molar-refractivity contribution in [2.24, 2.45) is 0 Å². The van der Waals surface area contributed by atoms with Crippen LogP contribution in [0, 0.1) is 0 Å². The highest BCUT2D eigenvalue weighted by molar-refractivity contribution is 4.84. The van der Waals surface area contributed by atoms with Crippen molar-refractivity contribution in [3.05, 3.63) is 0 Å². The van der Waals surface area contributed by atoms with Crippen molar-refractivity contribution in [3.63, 3.8) is 0 Å². The average molecular weight is 182 g/mol. The van der Waals surface area contributed by atoms with Crippen molar-refractivity contribution in [2.45, 2.75) is 51.1 Å². The topological polar surface area (TPSA) is 15.3 Å². The van der Waals surface area contributed by atoms with Crippen LogP contribution < -0.4 is 5.32 Å². The molecule has 2 heteroatoms. The summed E-state index contributed by atoms with van der Waals surface area (Å²) in [7, 11) is 0. The van der Waals surface area contributed by atoms with Crippen LogP contribution in [0.4, 0.5) is 0 Å². The Kier molecular flexibility index (Phi) is 3.23. The lowest BCUT2D eigenvalue weighted by atomic mass is 10.1. The minimum absolute atomic E-state index is 0.798. The maximum Gasteiger partial charge on any atom is 0.0195 e. The molecule has 2 atom stereocenters. The molecule has 0 aliphatic carbocycles. The van der Waals surface area contributed by atoms with Gasteiger partial charge in [0.25, 0.3) is 0 Å². The van der Waals surface area contributed by atoms with E-state index in [1.54, 1.807) is 0 Å². The summed E-state index contributed by atoms with van der Waals surface area (Å²) < 4.78 is 0. The molecule has 2 aliphatic rings. The second-order valence-electron chi connectivity index (χ2n) is 4.49. The van der Waals surface area contributed by atoms with Crippen molar-refractivity contribution >= 4 is 0 Å². The van der Waals surface area contributed by atoms with Gasteiger partial charge in [-0.1, -0.05) is 6.92 Å². The minimum Gasteiger partial charge on any atom is -0.313 e. The van der Waals surface area contributed by atoms with Gasteiger partial charge in [0.15, 0.2) is 0 Å². The third-order valence-corrected chi connectivity index (χ3v) is 3.59. The summed E-state index contributed by atoms with van der Waals surface area (Å²) in [5.41, 5.74) is 0. The van der Waals surface area contributed by atoms with Gasteiger partial charge >= 0.3 is 0 Å². The Morgan fingerprint density at radius 2 is 2.23 bits per heavy atom. The van der Waals surface area contributed by atoms with E-state index in [1.165, 1.54) is 51.7 Å². The molecule has 2 aliphatic heterocycles. The molecule has 76 valence electrons. The predicted octanol–water partition coefficient (Wildman–Crippen LogP) is 1.61. The molecule has 0 bridgehead atoms. The van der Waals surface area contributed by atoms with E-state index in [1.807, 2.05) is 0 Å². The van der Waals surface area contributed by atoms with Crippen LogP contribution in [0.1, 0.15) is 39.0 Å². The van der Waals surface area contributed by atoms with Crippen LogP contribution in [-0.2, 0) is 0 Å². The molecular weight excluding hydrogens is 160 g/mol. The Morgan fingerprint density at radius 1 is 1.31 bits per heavy atom. The maximum atomic E-state index is 3.59. The zero-order valence-corrected chi connectivity index (χ0v) is 8.76. The van der Waals surface area contributed by atoms with E-state index in [2.05, 4.69) is 17.1 Å². The maximum absolute atomic E-state index is 3.59. The fraction of sp³-hybridized carbons (Fsp3) is 1.00. The van der Waals surface area contributed by atoms with E-state index in [9.17, 15) is 0 Å². The summed E-state index contributed by atoms with van der Waals surface area (Å²) >= 11 is 0. The minimum atomic E-state index is 0.798. The standard InChI is InChI=1S/C11H22N2/c1-2-11-6-4-8-13(11)9-10-5-3-7-12-10/h10-12H,2-9H2,1H3/t10-,11?/m0/s1.